The summed E-state index contributed by atoms with van der Waals surface area (Å²) in [7, 11) is -3.50. The van der Waals surface area contributed by atoms with Crippen LogP contribution in [0.5, 0.6) is 0 Å². The molecule has 1 aliphatic heterocycles. The standard InChI is InChI=1S/C17H21N3O4S/c1-2-19-12-16(10-18-19)25(23,24)20-8-7-14(11-20)9-13-3-5-15(6-4-13)17(21)22/h3-6,10,12,14H,2,7-9,11H2,1H3,(H,21,22). The van der Waals surface area contributed by atoms with E-state index in [9.17, 15) is 13.2 Å². The average molecular weight is 363 g/mol. The van der Waals surface area contributed by atoms with Crippen molar-refractivity contribution < 1.29 is 18.3 Å². The van der Waals surface area contributed by atoms with Crippen molar-refractivity contribution in [2.45, 2.75) is 31.2 Å². The van der Waals surface area contributed by atoms with Gasteiger partial charge in [-0.25, -0.2) is 13.2 Å². The lowest BCUT2D eigenvalue weighted by atomic mass is 9.98. The maximum absolute atomic E-state index is 12.7. The first-order valence-corrected chi connectivity index (χ1v) is 9.69. The van der Waals surface area contributed by atoms with Gasteiger partial charge in [0.15, 0.2) is 0 Å². The first-order chi connectivity index (χ1) is 11.9. The van der Waals surface area contributed by atoms with Crippen LogP contribution < -0.4 is 0 Å². The molecule has 1 aliphatic rings. The number of hydrogen-bond donors (Lipinski definition) is 1. The Hall–Kier alpha value is -2.19. The van der Waals surface area contributed by atoms with Crippen molar-refractivity contribution in [1.82, 2.24) is 14.1 Å². The largest absolute Gasteiger partial charge is 0.478 e. The maximum atomic E-state index is 12.7. The van der Waals surface area contributed by atoms with Crippen LogP contribution in [0.2, 0.25) is 0 Å². The van der Waals surface area contributed by atoms with E-state index in [0.717, 1.165) is 18.4 Å². The van der Waals surface area contributed by atoms with Crippen LogP contribution in [0.1, 0.15) is 29.3 Å². The van der Waals surface area contributed by atoms with E-state index in [2.05, 4.69) is 5.10 Å². The van der Waals surface area contributed by atoms with Gasteiger partial charge >= 0.3 is 5.97 Å². The van der Waals surface area contributed by atoms with Crippen molar-refractivity contribution in [2.75, 3.05) is 13.1 Å². The summed E-state index contributed by atoms with van der Waals surface area (Å²) in [4.78, 5) is 11.1. The highest BCUT2D eigenvalue weighted by atomic mass is 32.2. The molecule has 2 heterocycles. The number of aryl methyl sites for hydroxylation is 1. The predicted octanol–water partition coefficient (Wildman–Crippen LogP) is 1.85. The Bertz CT molecular complexity index is 858. The summed E-state index contributed by atoms with van der Waals surface area (Å²) >= 11 is 0. The zero-order chi connectivity index (χ0) is 18.0. The van der Waals surface area contributed by atoms with Crippen molar-refractivity contribution in [3.63, 3.8) is 0 Å². The van der Waals surface area contributed by atoms with Gasteiger partial charge < -0.3 is 5.11 Å². The molecule has 2 aromatic rings. The second kappa shape index (κ2) is 6.97. The molecule has 1 aromatic heterocycles. The van der Waals surface area contributed by atoms with Crippen LogP contribution in [0.3, 0.4) is 0 Å². The van der Waals surface area contributed by atoms with Crippen molar-refractivity contribution in [3.8, 4) is 0 Å². The van der Waals surface area contributed by atoms with Gasteiger partial charge in [-0.15, -0.1) is 0 Å². The van der Waals surface area contributed by atoms with E-state index in [-0.39, 0.29) is 16.4 Å². The van der Waals surface area contributed by atoms with E-state index < -0.39 is 16.0 Å². The van der Waals surface area contributed by atoms with Crippen LogP contribution in [0.25, 0.3) is 0 Å². The quantitative estimate of drug-likeness (QED) is 0.846. The number of carboxylic acid groups (broad SMARTS) is 1. The van der Waals surface area contributed by atoms with E-state index in [1.807, 2.05) is 6.92 Å². The summed E-state index contributed by atoms with van der Waals surface area (Å²) in [6, 6.07) is 6.76. The molecule has 1 fully saturated rings. The average Bonchev–Trinajstić information content (AvgIpc) is 3.25. The Morgan fingerprint density at radius 3 is 2.64 bits per heavy atom. The smallest absolute Gasteiger partial charge is 0.335 e. The number of hydrogen-bond acceptors (Lipinski definition) is 4. The van der Waals surface area contributed by atoms with E-state index >= 15 is 0 Å². The topological polar surface area (TPSA) is 92.5 Å². The third-order valence-electron chi connectivity index (χ3n) is 4.55. The summed E-state index contributed by atoms with van der Waals surface area (Å²) in [6.07, 6.45) is 4.49. The maximum Gasteiger partial charge on any atom is 0.335 e. The lowest BCUT2D eigenvalue weighted by Crippen LogP contribution is -2.29. The highest BCUT2D eigenvalue weighted by Crippen LogP contribution is 2.26. The summed E-state index contributed by atoms with van der Waals surface area (Å²) in [6.45, 7) is 3.51. The van der Waals surface area contributed by atoms with Crippen LogP contribution in [-0.2, 0) is 23.0 Å². The number of sulfonamides is 1. The molecule has 1 atom stereocenters. The van der Waals surface area contributed by atoms with Gasteiger partial charge in [0.05, 0.1) is 11.8 Å². The van der Waals surface area contributed by atoms with Gasteiger partial charge in [-0.2, -0.15) is 9.40 Å². The SMILES string of the molecule is CCn1cc(S(=O)(=O)N2CCC(Cc3ccc(C(=O)O)cc3)C2)cn1. The lowest BCUT2D eigenvalue weighted by Gasteiger charge is -2.15. The monoisotopic (exact) mass is 363 g/mol. The Balaban J connectivity index is 1.65. The number of aromatic carboxylic acids is 1. The summed E-state index contributed by atoms with van der Waals surface area (Å²) in [5.74, 6) is -0.719. The molecular weight excluding hydrogens is 342 g/mol. The van der Waals surface area contributed by atoms with Crippen molar-refractivity contribution in [3.05, 3.63) is 47.8 Å². The number of carboxylic acids is 1. The third kappa shape index (κ3) is 3.74. The molecule has 0 radical (unpaired) electrons. The number of nitrogens with zero attached hydrogens (tertiary/aromatic N) is 3. The van der Waals surface area contributed by atoms with Crippen molar-refractivity contribution in [1.29, 1.82) is 0 Å². The first-order valence-electron chi connectivity index (χ1n) is 8.25. The minimum atomic E-state index is -3.50. The molecule has 0 amide bonds. The molecule has 7 nitrogen and oxygen atoms in total. The van der Waals surface area contributed by atoms with Gasteiger partial charge in [0.2, 0.25) is 10.0 Å². The molecule has 0 aliphatic carbocycles. The fraction of sp³-hybridized carbons (Fsp3) is 0.412. The minimum Gasteiger partial charge on any atom is -0.478 e. The predicted molar refractivity (Wildman–Crippen MR) is 91.9 cm³/mol. The van der Waals surface area contributed by atoms with Crippen molar-refractivity contribution >= 4 is 16.0 Å². The lowest BCUT2D eigenvalue weighted by molar-refractivity contribution is 0.0697. The minimum absolute atomic E-state index is 0.228. The Morgan fingerprint density at radius 1 is 1.32 bits per heavy atom. The zero-order valence-electron chi connectivity index (χ0n) is 14.0. The molecule has 0 bridgehead atoms. The molecule has 134 valence electrons. The number of benzene rings is 1. The third-order valence-corrected chi connectivity index (χ3v) is 6.36. The fourth-order valence-electron chi connectivity index (χ4n) is 3.10. The van der Waals surface area contributed by atoms with Gasteiger partial charge in [0.25, 0.3) is 0 Å². The summed E-state index contributed by atoms with van der Waals surface area (Å²) < 4.78 is 28.5. The Morgan fingerprint density at radius 2 is 2.04 bits per heavy atom. The number of aromatic nitrogens is 2. The Kier molecular flexibility index (Phi) is 4.91. The second-order valence-electron chi connectivity index (χ2n) is 6.26. The summed E-state index contributed by atoms with van der Waals surface area (Å²) in [5, 5.41) is 13.0. The van der Waals surface area contributed by atoms with Gasteiger partial charge in [-0.1, -0.05) is 12.1 Å². The summed E-state index contributed by atoms with van der Waals surface area (Å²) in [5.41, 5.74) is 1.28. The fourth-order valence-corrected chi connectivity index (χ4v) is 4.58. The number of rotatable bonds is 6. The van der Waals surface area contributed by atoms with Gasteiger partial charge in [0.1, 0.15) is 4.90 Å². The normalized spacial score (nSPS) is 18.5. The molecule has 1 unspecified atom stereocenters. The van der Waals surface area contributed by atoms with E-state index in [1.165, 1.54) is 10.5 Å². The molecular formula is C17H21N3O4S. The highest BCUT2D eigenvalue weighted by molar-refractivity contribution is 7.89. The molecule has 25 heavy (non-hydrogen) atoms. The second-order valence-corrected chi connectivity index (χ2v) is 8.19. The number of carbonyl (C=O) groups is 1. The van der Waals surface area contributed by atoms with E-state index in [1.54, 1.807) is 35.1 Å². The van der Waals surface area contributed by atoms with Crippen LogP contribution in [0.15, 0.2) is 41.6 Å². The molecule has 0 spiro atoms. The molecule has 1 aromatic carbocycles. The highest BCUT2D eigenvalue weighted by Gasteiger charge is 2.33. The molecule has 8 heteroatoms. The van der Waals surface area contributed by atoms with Crippen LogP contribution >= 0.6 is 0 Å². The van der Waals surface area contributed by atoms with Crippen LogP contribution in [0.4, 0.5) is 0 Å². The Labute approximate surface area is 146 Å². The van der Waals surface area contributed by atoms with Crippen molar-refractivity contribution in [2.24, 2.45) is 5.92 Å². The zero-order valence-corrected chi connectivity index (χ0v) is 14.8. The van der Waals surface area contributed by atoms with Gasteiger partial charge in [-0.05, 0) is 43.4 Å². The first kappa shape index (κ1) is 17.6. The molecule has 3 rings (SSSR count). The molecule has 0 saturated carbocycles. The molecule has 1 saturated heterocycles. The van der Waals surface area contributed by atoms with Gasteiger partial charge in [-0.3, -0.25) is 4.68 Å². The van der Waals surface area contributed by atoms with E-state index in [4.69, 9.17) is 5.11 Å². The molecule has 1 N–H and O–H groups in total. The van der Waals surface area contributed by atoms with Gasteiger partial charge in [0, 0.05) is 25.8 Å². The van der Waals surface area contributed by atoms with Crippen LogP contribution in [-0.4, -0.2) is 46.7 Å². The van der Waals surface area contributed by atoms with Crippen LogP contribution in [0, 0.1) is 5.92 Å². The van der Waals surface area contributed by atoms with E-state index in [0.29, 0.717) is 19.6 Å².